The Morgan fingerprint density at radius 2 is 1.59 bits per heavy atom. The Bertz CT molecular complexity index is 1050. The number of anilines is 1. The van der Waals surface area contributed by atoms with Gasteiger partial charge >= 0.3 is 0 Å². The molecule has 0 saturated carbocycles. The second-order valence-corrected chi connectivity index (χ2v) is 8.08. The SMILES string of the molecule is CCOc1ccccc1N(Cc1ccc(F)cc1)S(=O)(=O)c1ccc(OC)cc1. The van der Waals surface area contributed by atoms with E-state index in [1.807, 2.05) is 6.92 Å². The number of benzene rings is 3. The Balaban J connectivity index is 2.09. The summed E-state index contributed by atoms with van der Waals surface area (Å²) < 4.78 is 52.4. The summed E-state index contributed by atoms with van der Waals surface area (Å²) in [4.78, 5) is 0.117. The van der Waals surface area contributed by atoms with Gasteiger partial charge in [-0.1, -0.05) is 24.3 Å². The van der Waals surface area contributed by atoms with Crippen LogP contribution < -0.4 is 13.8 Å². The van der Waals surface area contributed by atoms with E-state index in [0.29, 0.717) is 29.4 Å². The number of ether oxygens (including phenoxy) is 2. The van der Waals surface area contributed by atoms with Crippen LogP contribution in [0.1, 0.15) is 12.5 Å². The molecule has 3 aromatic carbocycles. The largest absolute Gasteiger partial charge is 0.497 e. The molecule has 0 radical (unpaired) electrons. The minimum absolute atomic E-state index is 0.0265. The molecule has 0 unspecified atom stereocenters. The molecule has 0 spiro atoms. The normalized spacial score (nSPS) is 11.1. The van der Waals surface area contributed by atoms with E-state index in [1.54, 1.807) is 48.5 Å². The standard InChI is InChI=1S/C22H22FNO4S/c1-3-28-22-7-5-4-6-21(22)24(16-17-8-10-18(23)11-9-17)29(25,26)20-14-12-19(27-2)13-15-20/h4-15H,3,16H2,1-2H3. The van der Waals surface area contributed by atoms with Crippen LogP contribution in [0.3, 0.4) is 0 Å². The van der Waals surface area contributed by atoms with Crippen LogP contribution in [0.15, 0.2) is 77.7 Å². The summed E-state index contributed by atoms with van der Waals surface area (Å²) in [6.07, 6.45) is 0. The van der Waals surface area contributed by atoms with E-state index in [0.717, 1.165) is 0 Å². The first-order valence-corrected chi connectivity index (χ1v) is 10.5. The van der Waals surface area contributed by atoms with Crippen molar-refractivity contribution in [3.8, 4) is 11.5 Å². The van der Waals surface area contributed by atoms with Gasteiger partial charge in [-0.3, -0.25) is 4.31 Å². The van der Waals surface area contributed by atoms with Gasteiger partial charge in [0.2, 0.25) is 0 Å². The summed E-state index contributed by atoms with van der Waals surface area (Å²) in [5.41, 5.74) is 1.06. The predicted octanol–water partition coefficient (Wildman–Crippen LogP) is 4.63. The number of methoxy groups -OCH3 is 1. The van der Waals surface area contributed by atoms with Gasteiger partial charge < -0.3 is 9.47 Å². The zero-order valence-corrected chi connectivity index (χ0v) is 17.0. The molecule has 5 nitrogen and oxygen atoms in total. The third-order valence-electron chi connectivity index (χ3n) is 4.32. The van der Waals surface area contributed by atoms with Crippen molar-refractivity contribution in [3.05, 3.63) is 84.2 Å². The van der Waals surface area contributed by atoms with Crippen LogP contribution in [0.5, 0.6) is 11.5 Å². The molecular formula is C22H22FNO4S. The Kier molecular flexibility index (Phi) is 6.39. The number of sulfonamides is 1. The van der Waals surface area contributed by atoms with Crippen molar-refractivity contribution in [2.24, 2.45) is 0 Å². The maximum Gasteiger partial charge on any atom is 0.264 e. The summed E-state index contributed by atoms with van der Waals surface area (Å²) in [7, 11) is -2.41. The van der Waals surface area contributed by atoms with Crippen LogP contribution in [0.2, 0.25) is 0 Å². The van der Waals surface area contributed by atoms with E-state index in [-0.39, 0.29) is 17.3 Å². The van der Waals surface area contributed by atoms with Gasteiger partial charge in [0.25, 0.3) is 10.0 Å². The predicted molar refractivity (Wildman–Crippen MR) is 110 cm³/mol. The number of hydrogen-bond acceptors (Lipinski definition) is 4. The van der Waals surface area contributed by atoms with Crippen molar-refractivity contribution in [3.63, 3.8) is 0 Å². The highest BCUT2D eigenvalue weighted by molar-refractivity contribution is 7.92. The molecule has 0 aromatic heterocycles. The fourth-order valence-corrected chi connectivity index (χ4v) is 4.33. The molecule has 0 aliphatic carbocycles. The zero-order chi connectivity index (χ0) is 20.9. The van der Waals surface area contributed by atoms with Gasteiger partial charge in [0.1, 0.15) is 17.3 Å². The maximum absolute atomic E-state index is 13.5. The highest BCUT2D eigenvalue weighted by Crippen LogP contribution is 2.34. The molecule has 0 heterocycles. The first-order chi connectivity index (χ1) is 14.0. The third kappa shape index (κ3) is 4.68. The minimum Gasteiger partial charge on any atom is -0.497 e. The first kappa shape index (κ1) is 20.7. The molecule has 0 aliphatic rings. The molecule has 152 valence electrons. The van der Waals surface area contributed by atoms with Crippen molar-refractivity contribution >= 4 is 15.7 Å². The number of rotatable bonds is 8. The highest BCUT2D eigenvalue weighted by atomic mass is 32.2. The molecule has 29 heavy (non-hydrogen) atoms. The van der Waals surface area contributed by atoms with Gasteiger partial charge in [-0.2, -0.15) is 0 Å². The molecule has 0 atom stereocenters. The number of para-hydroxylation sites is 2. The van der Waals surface area contributed by atoms with Crippen molar-refractivity contribution in [1.82, 2.24) is 0 Å². The Morgan fingerprint density at radius 1 is 0.931 bits per heavy atom. The van der Waals surface area contributed by atoms with E-state index >= 15 is 0 Å². The second kappa shape index (κ2) is 8.96. The fraction of sp³-hybridized carbons (Fsp3) is 0.182. The molecule has 0 bridgehead atoms. The molecule has 0 saturated heterocycles. The van der Waals surface area contributed by atoms with Gasteiger partial charge in [-0.15, -0.1) is 0 Å². The number of halogens is 1. The van der Waals surface area contributed by atoms with Crippen LogP contribution in [0, 0.1) is 5.82 Å². The molecular weight excluding hydrogens is 393 g/mol. The highest BCUT2D eigenvalue weighted by Gasteiger charge is 2.27. The van der Waals surface area contributed by atoms with Crippen LogP contribution in [-0.4, -0.2) is 22.1 Å². The quantitative estimate of drug-likeness (QED) is 0.538. The van der Waals surface area contributed by atoms with Crippen LogP contribution in [0.25, 0.3) is 0 Å². The fourth-order valence-electron chi connectivity index (χ4n) is 2.87. The lowest BCUT2D eigenvalue weighted by Gasteiger charge is -2.26. The Morgan fingerprint density at radius 3 is 2.21 bits per heavy atom. The van der Waals surface area contributed by atoms with Gasteiger partial charge in [-0.25, -0.2) is 12.8 Å². The molecule has 3 rings (SSSR count). The van der Waals surface area contributed by atoms with Gasteiger partial charge in [0.05, 0.1) is 30.8 Å². The van der Waals surface area contributed by atoms with Crippen LogP contribution in [0.4, 0.5) is 10.1 Å². The molecule has 0 N–H and O–H groups in total. The van der Waals surface area contributed by atoms with Crippen molar-refractivity contribution < 1.29 is 22.3 Å². The Hall–Kier alpha value is -3.06. The van der Waals surface area contributed by atoms with Crippen molar-refractivity contribution in [2.75, 3.05) is 18.0 Å². The van der Waals surface area contributed by atoms with Crippen molar-refractivity contribution in [2.45, 2.75) is 18.4 Å². The lowest BCUT2D eigenvalue weighted by Crippen LogP contribution is -2.31. The molecule has 0 fully saturated rings. The monoisotopic (exact) mass is 415 g/mol. The average molecular weight is 415 g/mol. The van der Waals surface area contributed by atoms with E-state index in [2.05, 4.69) is 0 Å². The smallest absolute Gasteiger partial charge is 0.264 e. The van der Waals surface area contributed by atoms with E-state index < -0.39 is 10.0 Å². The molecule has 0 aliphatic heterocycles. The summed E-state index contributed by atoms with van der Waals surface area (Å²) in [6.45, 7) is 2.25. The van der Waals surface area contributed by atoms with Gasteiger partial charge in [-0.05, 0) is 61.0 Å². The summed E-state index contributed by atoms with van der Waals surface area (Å²) in [5, 5.41) is 0. The second-order valence-electron chi connectivity index (χ2n) is 6.21. The average Bonchev–Trinajstić information content (AvgIpc) is 2.74. The van der Waals surface area contributed by atoms with E-state index in [4.69, 9.17) is 9.47 Å². The van der Waals surface area contributed by atoms with Gasteiger partial charge in [0, 0.05) is 0 Å². The van der Waals surface area contributed by atoms with Gasteiger partial charge in [0.15, 0.2) is 0 Å². The summed E-state index contributed by atoms with van der Waals surface area (Å²) in [5.74, 6) is 0.631. The maximum atomic E-state index is 13.5. The van der Waals surface area contributed by atoms with Crippen LogP contribution >= 0.6 is 0 Å². The first-order valence-electron chi connectivity index (χ1n) is 9.08. The summed E-state index contributed by atoms with van der Waals surface area (Å²) in [6, 6.07) is 18.9. The number of nitrogens with zero attached hydrogens (tertiary/aromatic N) is 1. The topological polar surface area (TPSA) is 55.8 Å². The molecule has 0 amide bonds. The molecule has 3 aromatic rings. The van der Waals surface area contributed by atoms with E-state index in [9.17, 15) is 12.8 Å². The van der Waals surface area contributed by atoms with E-state index in [1.165, 1.54) is 35.7 Å². The molecule has 7 heteroatoms. The Labute approximate surface area is 170 Å². The van der Waals surface area contributed by atoms with Crippen molar-refractivity contribution in [1.29, 1.82) is 0 Å². The third-order valence-corrected chi connectivity index (χ3v) is 6.09. The number of hydrogen-bond donors (Lipinski definition) is 0. The lowest BCUT2D eigenvalue weighted by atomic mass is 10.2. The van der Waals surface area contributed by atoms with Crippen LogP contribution in [-0.2, 0) is 16.6 Å². The lowest BCUT2D eigenvalue weighted by molar-refractivity contribution is 0.341. The minimum atomic E-state index is -3.92. The zero-order valence-electron chi connectivity index (χ0n) is 16.2. The summed E-state index contributed by atoms with van der Waals surface area (Å²) >= 11 is 0.